The molecule has 3 heterocycles. The third-order valence-electron chi connectivity index (χ3n) is 5.08. The van der Waals surface area contributed by atoms with E-state index < -0.39 is 0 Å². The van der Waals surface area contributed by atoms with Gasteiger partial charge in [0, 0.05) is 45.6 Å². The minimum atomic E-state index is -0.246. The number of carbonyl (C=O) groups excluding carboxylic acids is 2. The number of aromatic nitrogens is 2. The second-order valence-corrected chi connectivity index (χ2v) is 6.74. The van der Waals surface area contributed by atoms with Crippen LogP contribution >= 0.6 is 0 Å². The third-order valence-corrected chi connectivity index (χ3v) is 5.08. The van der Waals surface area contributed by atoms with Crippen LogP contribution in [0.5, 0.6) is 0 Å². The normalized spacial score (nSPS) is 23.5. The number of hydrogen-bond acceptors (Lipinski definition) is 6. The van der Waals surface area contributed by atoms with Crippen LogP contribution < -0.4 is 0 Å². The van der Waals surface area contributed by atoms with Crippen molar-refractivity contribution in [2.75, 3.05) is 39.8 Å². The molecule has 2 saturated heterocycles. The maximum absolute atomic E-state index is 12.9. The molecule has 0 aliphatic carbocycles. The number of nitrogens with zero attached hydrogens (tertiary/aromatic N) is 5. The maximum atomic E-state index is 12.9. The van der Waals surface area contributed by atoms with Crippen LogP contribution in [0.4, 0.5) is 0 Å². The topological polar surface area (TPSA) is 82.8 Å². The monoisotopic (exact) mass is 335 g/mol. The van der Waals surface area contributed by atoms with E-state index in [4.69, 9.17) is 4.52 Å². The molecule has 24 heavy (non-hydrogen) atoms. The van der Waals surface area contributed by atoms with Crippen LogP contribution in [-0.2, 0) is 9.59 Å². The number of likely N-dealkylation sites (N-methyl/N-ethyl adjacent to an activating group) is 1. The molecule has 0 spiro atoms. The molecule has 2 aliphatic heterocycles. The van der Waals surface area contributed by atoms with E-state index in [-0.39, 0.29) is 23.8 Å². The Morgan fingerprint density at radius 1 is 1.12 bits per heavy atom. The highest BCUT2D eigenvalue weighted by Crippen LogP contribution is 2.27. The first-order valence-corrected chi connectivity index (χ1v) is 8.50. The number of carbonyl (C=O) groups is 2. The molecule has 3 rings (SSSR count). The maximum Gasteiger partial charge on any atom is 0.241 e. The van der Waals surface area contributed by atoms with Gasteiger partial charge in [0.2, 0.25) is 17.7 Å². The molecule has 1 atom stereocenters. The van der Waals surface area contributed by atoms with Crippen LogP contribution in [0.25, 0.3) is 0 Å². The van der Waals surface area contributed by atoms with Crippen molar-refractivity contribution >= 4 is 11.8 Å². The summed E-state index contributed by atoms with van der Waals surface area (Å²) in [6, 6.07) is -0.246. The summed E-state index contributed by atoms with van der Waals surface area (Å²) < 4.78 is 5.26. The van der Waals surface area contributed by atoms with Crippen molar-refractivity contribution in [3.8, 4) is 0 Å². The zero-order valence-corrected chi connectivity index (χ0v) is 14.6. The SMILES string of the molecule is CC(=O)N1CCN(C)C(C(=O)N2CCC(c3nc(C)no3)CC2)C1. The van der Waals surface area contributed by atoms with Crippen LogP contribution in [0.2, 0.25) is 0 Å². The summed E-state index contributed by atoms with van der Waals surface area (Å²) in [6.07, 6.45) is 1.67. The van der Waals surface area contributed by atoms with Crippen molar-refractivity contribution in [2.24, 2.45) is 0 Å². The van der Waals surface area contributed by atoms with Crippen LogP contribution in [0, 0.1) is 6.92 Å². The summed E-state index contributed by atoms with van der Waals surface area (Å²) >= 11 is 0. The van der Waals surface area contributed by atoms with Gasteiger partial charge in [-0.2, -0.15) is 4.98 Å². The molecule has 2 fully saturated rings. The molecule has 2 amide bonds. The van der Waals surface area contributed by atoms with E-state index in [1.165, 1.54) is 0 Å². The lowest BCUT2D eigenvalue weighted by molar-refractivity contribution is -0.143. The third kappa shape index (κ3) is 3.43. The predicted molar refractivity (Wildman–Crippen MR) is 86.3 cm³/mol. The minimum Gasteiger partial charge on any atom is -0.341 e. The number of piperidine rings is 1. The summed E-state index contributed by atoms with van der Waals surface area (Å²) in [5, 5.41) is 3.84. The second-order valence-electron chi connectivity index (χ2n) is 6.74. The fourth-order valence-corrected chi connectivity index (χ4v) is 3.46. The fourth-order valence-electron chi connectivity index (χ4n) is 3.46. The summed E-state index contributed by atoms with van der Waals surface area (Å²) in [4.78, 5) is 34.5. The lowest BCUT2D eigenvalue weighted by Gasteiger charge is -2.41. The molecule has 8 nitrogen and oxygen atoms in total. The van der Waals surface area contributed by atoms with E-state index >= 15 is 0 Å². The Morgan fingerprint density at radius 3 is 2.42 bits per heavy atom. The van der Waals surface area contributed by atoms with Crippen LogP contribution in [0.15, 0.2) is 4.52 Å². The molecule has 1 aromatic rings. The van der Waals surface area contributed by atoms with Crippen molar-refractivity contribution in [1.82, 2.24) is 24.8 Å². The van der Waals surface area contributed by atoms with Gasteiger partial charge in [0.25, 0.3) is 0 Å². The van der Waals surface area contributed by atoms with Crippen molar-refractivity contribution in [3.63, 3.8) is 0 Å². The van der Waals surface area contributed by atoms with E-state index in [0.717, 1.165) is 19.4 Å². The van der Waals surface area contributed by atoms with Gasteiger partial charge in [-0.3, -0.25) is 14.5 Å². The number of amides is 2. The van der Waals surface area contributed by atoms with Gasteiger partial charge >= 0.3 is 0 Å². The smallest absolute Gasteiger partial charge is 0.241 e. The Labute approximate surface area is 141 Å². The van der Waals surface area contributed by atoms with Gasteiger partial charge in [-0.15, -0.1) is 0 Å². The molecule has 0 bridgehead atoms. The molecule has 0 radical (unpaired) electrons. The molecule has 1 aromatic heterocycles. The standard InChI is InChI=1S/C16H25N5O3/c1-11-17-15(24-18-11)13-4-6-20(7-5-13)16(23)14-10-21(12(2)22)9-8-19(14)3/h13-14H,4-10H2,1-3H3. The summed E-state index contributed by atoms with van der Waals surface area (Å²) in [5.41, 5.74) is 0. The summed E-state index contributed by atoms with van der Waals surface area (Å²) in [7, 11) is 1.95. The number of piperazine rings is 1. The Bertz CT molecular complexity index is 609. The fraction of sp³-hybridized carbons (Fsp3) is 0.750. The first-order valence-electron chi connectivity index (χ1n) is 8.50. The second kappa shape index (κ2) is 6.88. The van der Waals surface area contributed by atoms with Gasteiger partial charge in [-0.05, 0) is 26.8 Å². The average Bonchev–Trinajstić information content (AvgIpc) is 3.01. The molecular formula is C16H25N5O3. The average molecular weight is 335 g/mol. The van der Waals surface area contributed by atoms with Crippen molar-refractivity contribution < 1.29 is 14.1 Å². The predicted octanol–water partition coefficient (Wildman–Crippen LogP) is 0.247. The van der Waals surface area contributed by atoms with Crippen molar-refractivity contribution in [2.45, 2.75) is 38.6 Å². The number of hydrogen-bond donors (Lipinski definition) is 0. The van der Waals surface area contributed by atoms with E-state index in [1.54, 1.807) is 11.8 Å². The highest BCUT2D eigenvalue weighted by atomic mass is 16.5. The van der Waals surface area contributed by atoms with Crippen molar-refractivity contribution in [1.29, 1.82) is 0 Å². The van der Waals surface area contributed by atoms with Crippen molar-refractivity contribution in [3.05, 3.63) is 11.7 Å². The lowest BCUT2D eigenvalue weighted by atomic mass is 9.96. The molecular weight excluding hydrogens is 310 g/mol. The molecule has 1 unspecified atom stereocenters. The van der Waals surface area contributed by atoms with Gasteiger partial charge < -0.3 is 14.3 Å². The summed E-state index contributed by atoms with van der Waals surface area (Å²) in [6.45, 7) is 6.65. The first kappa shape index (κ1) is 16.9. The van der Waals surface area contributed by atoms with E-state index in [1.807, 2.05) is 18.9 Å². The zero-order chi connectivity index (χ0) is 17.3. The Kier molecular flexibility index (Phi) is 4.84. The molecule has 0 N–H and O–H groups in total. The van der Waals surface area contributed by atoms with E-state index in [0.29, 0.717) is 37.9 Å². The van der Waals surface area contributed by atoms with Crippen LogP contribution in [0.1, 0.15) is 37.4 Å². The Balaban J connectivity index is 1.59. The summed E-state index contributed by atoms with van der Waals surface area (Å²) in [5.74, 6) is 1.71. The van der Waals surface area contributed by atoms with Crippen LogP contribution in [-0.4, -0.2) is 82.5 Å². The minimum absolute atomic E-state index is 0.0337. The largest absolute Gasteiger partial charge is 0.341 e. The molecule has 2 aliphatic rings. The number of rotatable bonds is 2. The van der Waals surface area contributed by atoms with E-state index in [9.17, 15) is 9.59 Å². The zero-order valence-electron chi connectivity index (χ0n) is 14.6. The van der Waals surface area contributed by atoms with Gasteiger partial charge in [-0.25, -0.2) is 0 Å². The number of aryl methyl sites for hydroxylation is 1. The van der Waals surface area contributed by atoms with Gasteiger partial charge in [0.15, 0.2) is 5.82 Å². The number of likely N-dealkylation sites (tertiary alicyclic amines) is 1. The highest BCUT2D eigenvalue weighted by molar-refractivity contribution is 5.83. The molecule has 8 heteroatoms. The van der Waals surface area contributed by atoms with E-state index in [2.05, 4.69) is 15.0 Å². The Hall–Kier alpha value is -1.96. The lowest BCUT2D eigenvalue weighted by Crippen LogP contribution is -2.59. The highest BCUT2D eigenvalue weighted by Gasteiger charge is 2.36. The molecule has 0 aromatic carbocycles. The quantitative estimate of drug-likeness (QED) is 0.770. The van der Waals surface area contributed by atoms with Gasteiger partial charge in [0.1, 0.15) is 6.04 Å². The first-order chi connectivity index (χ1) is 11.5. The van der Waals surface area contributed by atoms with Crippen LogP contribution in [0.3, 0.4) is 0 Å². The van der Waals surface area contributed by atoms with Gasteiger partial charge in [0.05, 0.1) is 0 Å². The Morgan fingerprint density at radius 2 is 1.83 bits per heavy atom. The molecule has 0 saturated carbocycles. The molecule has 132 valence electrons. The van der Waals surface area contributed by atoms with Gasteiger partial charge in [-0.1, -0.05) is 5.16 Å².